The second-order valence-corrected chi connectivity index (χ2v) is 4.72. The molecule has 0 aliphatic heterocycles. The molecule has 0 atom stereocenters. The number of rotatable bonds is 6. The highest BCUT2D eigenvalue weighted by molar-refractivity contribution is 5.27. The van der Waals surface area contributed by atoms with E-state index in [4.69, 9.17) is 9.84 Å². The third-order valence-corrected chi connectivity index (χ3v) is 3.02. The van der Waals surface area contributed by atoms with E-state index < -0.39 is 0 Å². The summed E-state index contributed by atoms with van der Waals surface area (Å²) in [6, 6.07) is 11.7. The van der Waals surface area contributed by atoms with Gasteiger partial charge in [-0.25, -0.2) is 0 Å². The largest absolute Gasteiger partial charge is 0.497 e. The molecule has 1 aromatic carbocycles. The quantitative estimate of drug-likeness (QED) is 0.846. The minimum absolute atomic E-state index is 0.0739. The molecule has 2 aromatic rings. The molecule has 0 bridgehead atoms. The number of aliphatic hydroxyl groups excluding tert-OH is 1. The lowest BCUT2D eigenvalue weighted by Crippen LogP contribution is -2.14. The van der Waals surface area contributed by atoms with Crippen LogP contribution in [0.25, 0.3) is 0 Å². The van der Waals surface area contributed by atoms with Crippen molar-refractivity contribution in [2.24, 2.45) is 0 Å². The third kappa shape index (κ3) is 4.05. The van der Waals surface area contributed by atoms with Gasteiger partial charge in [-0.1, -0.05) is 24.3 Å². The Balaban J connectivity index is 1.93. The molecule has 0 amide bonds. The fraction of sp³-hybridized carbons (Fsp3) is 0.312. The molecular formula is C16H20N2O2. The molecule has 4 nitrogen and oxygen atoms in total. The zero-order valence-corrected chi connectivity index (χ0v) is 11.9. The van der Waals surface area contributed by atoms with E-state index in [9.17, 15) is 0 Å². The van der Waals surface area contributed by atoms with Crippen molar-refractivity contribution < 1.29 is 9.84 Å². The molecule has 0 fully saturated rings. The first-order chi connectivity index (χ1) is 9.71. The average Bonchev–Trinajstić information content (AvgIpc) is 2.47. The molecule has 1 aromatic heterocycles. The number of benzene rings is 1. The monoisotopic (exact) mass is 272 g/mol. The van der Waals surface area contributed by atoms with Crippen LogP contribution in [-0.2, 0) is 19.7 Å². The number of nitrogens with zero attached hydrogens (tertiary/aromatic N) is 1. The van der Waals surface area contributed by atoms with Crippen molar-refractivity contribution in [1.29, 1.82) is 0 Å². The van der Waals surface area contributed by atoms with Gasteiger partial charge in [0.05, 0.1) is 19.4 Å². The van der Waals surface area contributed by atoms with Crippen LogP contribution < -0.4 is 10.1 Å². The van der Waals surface area contributed by atoms with Crippen LogP contribution in [0.5, 0.6) is 5.75 Å². The first-order valence-electron chi connectivity index (χ1n) is 6.62. The number of aromatic nitrogens is 1. The lowest BCUT2D eigenvalue weighted by Gasteiger charge is -2.08. The Kier molecular flexibility index (Phi) is 5.09. The Morgan fingerprint density at radius 1 is 1.15 bits per heavy atom. The summed E-state index contributed by atoms with van der Waals surface area (Å²) in [6.45, 7) is 3.45. The van der Waals surface area contributed by atoms with Crippen LogP contribution in [0, 0.1) is 6.92 Å². The summed E-state index contributed by atoms with van der Waals surface area (Å²) < 4.78 is 5.24. The molecule has 2 rings (SSSR count). The van der Waals surface area contributed by atoms with E-state index in [1.807, 2.05) is 43.3 Å². The molecule has 2 N–H and O–H groups in total. The number of pyridine rings is 1. The summed E-state index contributed by atoms with van der Waals surface area (Å²) in [6.07, 6.45) is 0. The predicted molar refractivity (Wildman–Crippen MR) is 78.4 cm³/mol. The van der Waals surface area contributed by atoms with Crippen molar-refractivity contribution in [3.8, 4) is 5.75 Å². The van der Waals surface area contributed by atoms with E-state index in [0.717, 1.165) is 34.8 Å². The number of hydrogen-bond acceptors (Lipinski definition) is 4. The van der Waals surface area contributed by atoms with Crippen LogP contribution in [0.1, 0.15) is 22.5 Å². The van der Waals surface area contributed by atoms with Crippen molar-refractivity contribution in [3.05, 3.63) is 58.9 Å². The fourth-order valence-corrected chi connectivity index (χ4v) is 2.08. The van der Waals surface area contributed by atoms with Crippen LogP contribution in [0.3, 0.4) is 0 Å². The third-order valence-electron chi connectivity index (χ3n) is 3.02. The van der Waals surface area contributed by atoms with Gasteiger partial charge in [0.15, 0.2) is 0 Å². The summed E-state index contributed by atoms with van der Waals surface area (Å²) >= 11 is 0. The maximum Gasteiger partial charge on any atom is 0.122 e. The van der Waals surface area contributed by atoms with E-state index in [1.54, 1.807) is 7.11 Å². The summed E-state index contributed by atoms with van der Waals surface area (Å²) in [4.78, 5) is 4.46. The number of ether oxygens (including phenoxy) is 1. The highest BCUT2D eigenvalue weighted by atomic mass is 16.5. The SMILES string of the molecule is COc1cc(C)nc(CNCc2cccc(CO)c2)c1. The van der Waals surface area contributed by atoms with Gasteiger partial charge in [0.2, 0.25) is 0 Å². The van der Waals surface area contributed by atoms with E-state index in [-0.39, 0.29) is 6.61 Å². The molecule has 0 aliphatic carbocycles. The average molecular weight is 272 g/mol. The lowest BCUT2D eigenvalue weighted by molar-refractivity contribution is 0.281. The van der Waals surface area contributed by atoms with E-state index in [1.165, 1.54) is 0 Å². The molecule has 20 heavy (non-hydrogen) atoms. The summed E-state index contributed by atoms with van der Waals surface area (Å²) in [7, 11) is 1.66. The maximum atomic E-state index is 9.11. The zero-order chi connectivity index (χ0) is 14.4. The van der Waals surface area contributed by atoms with Gasteiger partial charge in [-0.05, 0) is 18.1 Å². The number of nitrogens with one attached hydrogen (secondary N) is 1. The van der Waals surface area contributed by atoms with Crippen molar-refractivity contribution in [2.75, 3.05) is 7.11 Å². The number of hydrogen-bond donors (Lipinski definition) is 2. The van der Waals surface area contributed by atoms with Crippen molar-refractivity contribution in [3.63, 3.8) is 0 Å². The number of aliphatic hydroxyl groups is 1. The Hall–Kier alpha value is -1.91. The number of aryl methyl sites for hydroxylation is 1. The first kappa shape index (κ1) is 14.5. The van der Waals surface area contributed by atoms with Gasteiger partial charge in [0.25, 0.3) is 0 Å². The van der Waals surface area contributed by atoms with Crippen LogP contribution in [-0.4, -0.2) is 17.2 Å². The highest BCUT2D eigenvalue weighted by Crippen LogP contribution is 2.13. The van der Waals surface area contributed by atoms with Gasteiger partial charge >= 0.3 is 0 Å². The molecule has 0 radical (unpaired) electrons. The standard InChI is InChI=1S/C16H20N2O2/c1-12-6-16(20-2)8-15(18-12)10-17-9-13-4-3-5-14(7-13)11-19/h3-8,17,19H,9-11H2,1-2H3. The minimum Gasteiger partial charge on any atom is -0.497 e. The molecule has 0 saturated heterocycles. The zero-order valence-electron chi connectivity index (χ0n) is 11.9. The summed E-state index contributed by atoms with van der Waals surface area (Å²) in [5, 5.41) is 12.5. The van der Waals surface area contributed by atoms with Crippen LogP contribution in [0.15, 0.2) is 36.4 Å². The maximum absolute atomic E-state index is 9.11. The smallest absolute Gasteiger partial charge is 0.122 e. The Morgan fingerprint density at radius 2 is 1.95 bits per heavy atom. The normalized spacial score (nSPS) is 10.6. The second-order valence-electron chi connectivity index (χ2n) is 4.72. The first-order valence-corrected chi connectivity index (χ1v) is 6.62. The van der Waals surface area contributed by atoms with Crippen molar-refractivity contribution in [1.82, 2.24) is 10.3 Å². The molecule has 4 heteroatoms. The molecule has 106 valence electrons. The van der Waals surface area contributed by atoms with Crippen LogP contribution in [0.2, 0.25) is 0 Å². The topological polar surface area (TPSA) is 54.4 Å². The van der Waals surface area contributed by atoms with Crippen molar-refractivity contribution in [2.45, 2.75) is 26.6 Å². The molecule has 0 spiro atoms. The van der Waals surface area contributed by atoms with Gasteiger partial charge in [-0.3, -0.25) is 4.98 Å². The van der Waals surface area contributed by atoms with E-state index in [2.05, 4.69) is 10.3 Å². The van der Waals surface area contributed by atoms with Gasteiger partial charge in [0.1, 0.15) is 5.75 Å². The van der Waals surface area contributed by atoms with Gasteiger partial charge in [-0.15, -0.1) is 0 Å². The van der Waals surface area contributed by atoms with Gasteiger partial charge < -0.3 is 15.2 Å². The van der Waals surface area contributed by atoms with Crippen LogP contribution in [0.4, 0.5) is 0 Å². The molecule has 0 aliphatic rings. The minimum atomic E-state index is 0.0739. The van der Waals surface area contributed by atoms with E-state index in [0.29, 0.717) is 6.54 Å². The van der Waals surface area contributed by atoms with E-state index >= 15 is 0 Å². The molecular weight excluding hydrogens is 252 g/mol. The van der Waals surface area contributed by atoms with Gasteiger partial charge in [0, 0.05) is 30.9 Å². The number of methoxy groups -OCH3 is 1. The predicted octanol–water partition coefficient (Wildman–Crippen LogP) is 2.18. The Bertz CT molecular complexity index is 570. The summed E-state index contributed by atoms with van der Waals surface area (Å²) in [5.74, 6) is 0.830. The second kappa shape index (κ2) is 7.03. The highest BCUT2D eigenvalue weighted by Gasteiger charge is 2.01. The Labute approximate surface area is 119 Å². The summed E-state index contributed by atoms with van der Waals surface area (Å²) in [5.41, 5.74) is 3.99. The van der Waals surface area contributed by atoms with Gasteiger partial charge in [-0.2, -0.15) is 0 Å². The molecule has 0 saturated carbocycles. The fourth-order valence-electron chi connectivity index (χ4n) is 2.08. The van der Waals surface area contributed by atoms with Crippen molar-refractivity contribution >= 4 is 0 Å². The molecule has 0 unspecified atom stereocenters. The molecule has 1 heterocycles. The Morgan fingerprint density at radius 3 is 2.70 bits per heavy atom. The van der Waals surface area contributed by atoms with Crippen LogP contribution >= 0.6 is 0 Å². The lowest BCUT2D eigenvalue weighted by atomic mass is 10.1.